The van der Waals surface area contributed by atoms with Crippen molar-refractivity contribution in [3.8, 4) is 0 Å². The molecule has 508 valence electrons. The monoisotopic (exact) mass is 1290 g/mol. The van der Waals surface area contributed by atoms with Crippen molar-refractivity contribution in [2.75, 3.05) is 39.5 Å². The standard InChI is InChI=1S/C33H59O7P.C16H34NO7P.C12H26NO6P/c1-20(2)18-29-31(30(35)22(4)39-29)40-41(36,37)38-17-7-8-21(3)26-11-12-27-25-10-9-23-19-24(34)13-15-32(23,5)28(25)14-16-33(26,27)6;1-11(2)8-14-16(15(19)12(3)23-14)24-25(20,21)22-10-13(9-18)6-4-5-7-17;1-8(2)7-10-12(11(14)9(3)18-10)19-20(15,16)17-6-4-5-13/h20-31,34-35H,7-19H2,1-6H3,(H,36,37);11-16,18-19H,4-10,17H2,1-3H3,(H,20,21);8-12,14H,4-7,13H2,1-3H3,(H,15,16)/p-3/t21-,22+,23?,24-,25+,26-,27+,28+,29-,30+,31-,32+,33-;12-,13?,14+,15-,16+;9-,10+,11-,12+/m100/s1. The van der Waals surface area contributed by atoms with Gasteiger partial charge in [-0.3, -0.25) is 13.7 Å². The Balaban J connectivity index is 0.000000257. The highest BCUT2D eigenvalue weighted by molar-refractivity contribution is 7.46. The van der Waals surface area contributed by atoms with Crippen molar-refractivity contribution in [1.29, 1.82) is 0 Å². The zero-order chi connectivity index (χ0) is 64.1. The Hall–Kier alpha value is -0.0700. The van der Waals surface area contributed by atoms with Gasteiger partial charge >= 0.3 is 0 Å². The molecule has 0 spiro atoms. The minimum absolute atomic E-state index is 0.0225. The first kappa shape index (κ1) is 76.6. The molecule has 7 rings (SSSR count). The molecule has 0 amide bonds. The smallest absolute Gasteiger partial charge is 0.268 e. The lowest BCUT2D eigenvalue weighted by molar-refractivity contribution is -0.235. The Kier molecular flexibility index (Phi) is 30.6. The van der Waals surface area contributed by atoms with E-state index in [1.165, 1.54) is 44.9 Å². The summed E-state index contributed by atoms with van der Waals surface area (Å²) in [7, 11) is -13.6. The number of nitrogens with two attached hydrogens (primary N) is 2. The van der Waals surface area contributed by atoms with Crippen LogP contribution in [0.4, 0.5) is 0 Å². The van der Waals surface area contributed by atoms with Crippen LogP contribution in [-0.4, -0.2) is 144 Å². The highest BCUT2D eigenvalue weighted by atomic mass is 31.2. The first-order valence-corrected chi connectivity index (χ1v) is 37.2. The maximum atomic E-state index is 12.7. The van der Waals surface area contributed by atoms with Crippen molar-refractivity contribution < 1.29 is 95.3 Å². The molecule has 25 heteroatoms. The number of hydrogen-bond donors (Lipinski definition) is 7. The van der Waals surface area contributed by atoms with E-state index in [-0.39, 0.29) is 44.4 Å². The first-order valence-electron chi connectivity index (χ1n) is 32.8. The summed E-state index contributed by atoms with van der Waals surface area (Å²) in [6, 6.07) is 0. The number of fused-ring (bicyclic) bond motifs is 5. The average molecular weight is 1290 g/mol. The molecule has 7 aliphatic rings. The van der Waals surface area contributed by atoms with Crippen LogP contribution in [-0.2, 0) is 55.0 Å². The van der Waals surface area contributed by atoms with Gasteiger partial charge in [0.15, 0.2) is 0 Å². The third kappa shape index (κ3) is 21.5. The van der Waals surface area contributed by atoms with E-state index in [0.29, 0.717) is 92.0 Å². The predicted octanol–water partition coefficient (Wildman–Crippen LogP) is 7.68. The molecule has 25 atom stereocenters. The summed E-state index contributed by atoms with van der Waals surface area (Å²) in [6.07, 6.45) is 8.34. The molecule has 3 aliphatic heterocycles. The average Bonchev–Trinajstić information content (AvgIpc) is 1.29. The molecule has 0 bridgehead atoms. The fourth-order valence-electron chi connectivity index (χ4n) is 15.9. The Morgan fingerprint density at radius 1 is 0.558 bits per heavy atom. The molecule has 86 heavy (non-hydrogen) atoms. The van der Waals surface area contributed by atoms with Gasteiger partial charge in [0.25, 0.3) is 23.5 Å². The van der Waals surface area contributed by atoms with E-state index in [1.807, 2.05) is 41.5 Å². The number of ether oxygens (including phenoxy) is 3. The molecule has 0 aromatic carbocycles. The Bertz CT molecular complexity index is 2130. The van der Waals surface area contributed by atoms with Gasteiger partial charge in [-0.05, 0) is 207 Å². The molecule has 7 fully saturated rings. The van der Waals surface area contributed by atoms with Crippen molar-refractivity contribution in [1.82, 2.24) is 0 Å². The maximum Gasteiger partial charge on any atom is 0.268 e. The van der Waals surface area contributed by atoms with Crippen molar-refractivity contribution in [2.24, 2.45) is 81.5 Å². The van der Waals surface area contributed by atoms with Crippen LogP contribution in [0.15, 0.2) is 0 Å². The largest absolute Gasteiger partial charge is 0.756 e. The number of hydrogen-bond acceptors (Lipinski definition) is 22. The quantitative estimate of drug-likeness (QED) is 0.0268. The molecular weight excluding hydrogens is 1170 g/mol. The SMILES string of the molecule is CC(C)C[C@H]1O[C@@H](C)[C@H](O)[C@@H]1OP(=O)([O-])OCC(CO)CCCCN.CC(C)C[C@H]1O[C@@H](C)[C@H](O)[C@@H]1OP(=O)([O-])OCCCN.CC(C)C[C@H]1O[C@@H](C)[C@H](O)[C@@H]1OP(=O)([O-])OCCC[C@@H](C)[C@H]1CC[C@H]2[C@@H]3CCC4C[C@H](O)CC[C@]4(C)[C@H]3CC[C@]12C. The minimum atomic E-state index is -4.62. The van der Waals surface area contributed by atoms with Crippen LogP contribution in [0.25, 0.3) is 0 Å². The molecule has 3 saturated heterocycles. The van der Waals surface area contributed by atoms with Gasteiger partial charge in [-0.2, -0.15) is 0 Å². The van der Waals surface area contributed by atoms with Gasteiger partial charge in [0.05, 0.1) is 62.5 Å². The van der Waals surface area contributed by atoms with Crippen LogP contribution in [0, 0.1) is 70.0 Å². The van der Waals surface area contributed by atoms with Gasteiger partial charge in [0.1, 0.15) is 36.6 Å². The fourth-order valence-corrected chi connectivity index (χ4v) is 18.9. The summed E-state index contributed by atoms with van der Waals surface area (Å²) in [5.74, 6) is 4.89. The van der Waals surface area contributed by atoms with E-state index < -0.39 is 96.7 Å². The van der Waals surface area contributed by atoms with Gasteiger partial charge < -0.3 is 93.0 Å². The van der Waals surface area contributed by atoms with Crippen LogP contribution in [0.2, 0.25) is 0 Å². The van der Waals surface area contributed by atoms with E-state index in [0.717, 1.165) is 49.9 Å². The zero-order valence-electron chi connectivity index (χ0n) is 54.1. The summed E-state index contributed by atoms with van der Waals surface area (Å²) in [5.41, 5.74) is 11.5. The number of phosphoric ester groups is 3. The second-order valence-corrected chi connectivity index (χ2v) is 32.5. The van der Waals surface area contributed by atoms with E-state index in [4.69, 9.17) is 52.8 Å². The van der Waals surface area contributed by atoms with Gasteiger partial charge in [-0.25, -0.2) is 0 Å². The summed E-state index contributed by atoms with van der Waals surface area (Å²) in [5, 5.41) is 50.3. The van der Waals surface area contributed by atoms with Crippen LogP contribution in [0.5, 0.6) is 0 Å². The lowest BCUT2D eigenvalue weighted by Crippen LogP contribution is -2.54. The number of aliphatic hydroxyl groups excluding tert-OH is 5. The van der Waals surface area contributed by atoms with Crippen molar-refractivity contribution in [3.05, 3.63) is 0 Å². The van der Waals surface area contributed by atoms with Crippen molar-refractivity contribution in [2.45, 2.75) is 278 Å². The number of aliphatic hydroxyl groups is 5. The molecule has 5 unspecified atom stereocenters. The molecule has 0 aromatic rings. The van der Waals surface area contributed by atoms with E-state index in [1.54, 1.807) is 20.8 Å². The number of unbranched alkanes of at least 4 members (excludes halogenated alkanes) is 1. The second kappa shape index (κ2) is 34.4. The topological polar surface area (TPSA) is 357 Å². The first-order chi connectivity index (χ1) is 40.2. The van der Waals surface area contributed by atoms with Crippen molar-refractivity contribution >= 4 is 23.5 Å². The molecule has 4 saturated carbocycles. The lowest BCUT2D eigenvalue weighted by Gasteiger charge is -2.61. The number of phosphoric acid groups is 3. The van der Waals surface area contributed by atoms with Crippen LogP contribution in [0.3, 0.4) is 0 Å². The fraction of sp³-hybridized carbons (Fsp3) is 1.00. The van der Waals surface area contributed by atoms with E-state index in [9.17, 15) is 53.9 Å². The molecule has 4 aliphatic carbocycles. The minimum Gasteiger partial charge on any atom is -0.756 e. The molecule has 0 radical (unpaired) electrons. The van der Waals surface area contributed by atoms with Gasteiger partial charge in [0, 0.05) is 12.5 Å². The van der Waals surface area contributed by atoms with Crippen LogP contribution >= 0.6 is 23.5 Å². The lowest BCUT2D eigenvalue weighted by atomic mass is 9.44. The van der Waals surface area contributed by atoms with E-state index in [2.05, 4.69) is 20.8 Å². The molecular formula is C61H116N2O20P3-3. The number of rotatable bonds is 30. The van der Waals surface area contributed by atoms with Gasteiger partial charge in [-0.15, -0.1) is 0 Å². The maximum absolute atomic E-state index is 12.7. The summed E-state index contributed by atoms with van der Waals surface area (Å²) >= 11 is 0. The van der Waals surface area contributed by atoms with Gasteiger partial charge in [0.2, 0.25) is 0 Å². The van der Waals surface area contributed by atoms with E-state index >= 15 is 0 Å². The second-order valence-electron chi connectivity index (χ2n) is 28.4. The van der Waals surface area contributed by atoms with Crippen molar-refractivity contribution in [3.63, 3.8) is 0 Å². The molecule has 9 N–H and O–H groups in total. The van der Waals surface area contributed by atoms with Gasteiger partial charge in [-0.1, -0.05) is 68.7 Å². The Morgan fingerprint density at radius 3 is 1.45 bits per heavy atom. The predicted molar refractivity (Wildman–Crippen MR) is 321 cm³/mol. The highest BCUT2D eigenvalue weighted by Crippen LogP contribution is 2.68. The molecule has 22 nitrogen and oxygen atoms in total. The summed E-state index contributed by atoms with van der Waals surface area (Å²) in [6.45, 7) is 25.3. The summed E-state index contributed by atoms with van der Waals surface area (Å²) < 4.78 is 83.9. The summed E-state index contributed by atoms with van der Waals surface area (Å²) in [4.78, 5) is 36.5. The Labute approximate surface area is 515 Å². The van der Waals surface area contributed by atoms with Crippen LogP contribution < -0.4 is 26.1 Å². The normalized spacial score (nSPS) is 39.7. The molecule has 3 heterocycles. The Morgan fingerprint density at radius 2 is 1.00 bits per heavy atom. The third-order valence-corrected chi connectivity index (χ3v) is 23.4. The third-order valence-electron chi connectivity index (χ3n) is 20.4. The molecule has 0 aromatic heterocycles. The highest BCUT2D eigenvalue weighted by Gasteiger charge is 2.61. The van der Waals surface area contributed by atoms with Crippen LogP contribution in [0.1, 0.15) is 199 Å². The zero-order valence-corrected chi connectivity index (χ0v) is 56.8.